The molecule has 74 valence electrons. The van der Waals surface area contributed by atoms with E-state index in [-0.39, 0.29) is 36.6 Å². The lowest BCUT2D eigenvalue weighted by Gasteiger charge is -2.13. The molecule has 4 nitrogen and oxygen atoms in total. The molecule has 0 N–H and O–H groups in total. The minimum Gasteiger partial charge on any atom is -0.431 e. The molecular formula is C10H10O4. The van der Waals surface area contributed by atoms with Gasteiger partial charge in [0.05, 0.1) is 12.8 Å². The quantitative estimate of drug-likeness (QED) is 0.587. The summed E-state index contributed by atoms with van der Waals surface area (Å²) in [6, 6.07) is 0. The van der Waals surface area contributed by atoms with Gasteiger partial charge in [0.25, 0.3) is 0 Å². The molecule has 0 aliphatic carbocycles. The van der Waals surface area contributed by atoms with Crippen molar-refractivity contribution in [3.05, 3.63) is 24.7 Å². The van der Waals surface area contributed by atoms with Gasteiger partial charge in [-0.3, -0.25) is 9.59 Å². The highest BCUT2D eigenvalue weighted by Gasteiger charge is 2.41. The summed E-state index contributed by atoms with van der Waals surface area (Å²) in [5.74, 6) is -0.0684. The van der Waals surface area contributed by atoms with Crippen molar-refractivity contribution in [3.8, 4) is 0 Å². The third-order valence-electron chi connectivity index (χ3n) is 2.58. The Bertz CT molecular complexity index is 308. The summed E-state index contributed by atoms with van der Waals surface area (Å²) in [6.45, 7) is 7.28. The average molecular weight is 194 g/mol. The van der Waals surface area contributed by atoms with Crippen LogP contribution in [0.5, 0.6) is 0 Å². The average Bonchev–Trinajstić information content (AvgIpc) is 2.55. The van der Waals surface area contributed by atoms with E-state index < -0.39 is 0 Å². The van der Waals surface area contributed by atoms with Gasteiger partial charge in [0.15, 0.2) is 0 Å². The molecule has 0 radical (unpaired) electrons. The predicted molar refractivity (Wildman–Crippen MR) is 46.7 cm³/mol. The van der Waals surface area contributed by atoms with Crippen LogP contribution in [0.2, 0.25) is 0 Å². The topological polar surface area (TPSA) is 52.6 Å². The highest BCUT2D eigenvalue weighted by atomic mass is 16.6. The van der Waals surface area contributed by atoms with E-state index in [1.165, 1.54) is 0 Å². The normalized spacial score (nSPS) is 32.0. The van der Waals surface area contributed by atoms with Crippen LogP contribution in [0.3, 0.4) is 0 Å². The molecule has 2 aliphatic heterocycles. The second kappa shape index (κ2) is 2.97. The number of esters is 2. The molecule has 0 aromatic rings. The van der Waals surface area contributed by atoms with E-state index >= 15 is 0 Å². The third-order valence-corrected chi connectivity index (χ3v) is 2.58. The highest BCUT2D eigenvalue weighted by Crippen LogP contribution is 2.40. The zero-order valence-electron chi connectivity index (χ0n) is 7.62. The fraction of sp³-hybridized carbons (Fsp3) is 0.400. The standard InChI is InChI=1S/C10H10O4/c1-5-7(3-9(11)13-5)8-4-10(12)14-6(8)2/h7-8H,1-4H2. The van der Waals surface area contributed by atoms with Crippen molar-refractivity contribution in [1.29, 1.82) is 0 Å². The lowest BCUT2D eigenvalue weighted by molar-refractivity contribution is -0.136. The maximum absolute atomic E-state index is 11.0. The van der Waals surface area contributed by atoms with Crippen LogP contribution in [-0.4, -0.2) is 11.9 Å². The van der Waals surface area contributed by atoms with Crippen molar-refractivity contribution in [1.82, 2.24) is 0 Å². The van der Waals surface area contributed by atoms with Crippen LogP contribution >= 0.6 is 0 Å². The third kappa shape index (κ3) is 1.32. The number of ether oxygens (including phenoxy) is 2. The van der Waals surface area contributed by atoms with E-state index in [2.05, 4.69) is 13.2 Å². The van der Waals surface area contributed by atoms with Gasteiger partial charge in [-0.05, 0) is 0 Å². The molecule has 0 amide bonds. The summed E-state index contributed by atoms with van der Waals surface area (Å²) in [6.07, 6.45) is 0.526. The van der Waals surface area contributed by atoms with Gasteiger partial charge in [0.2, 0.25) is 0 Å². The van der Waals surface area contributed by atoms with E-state index in [1.807, 2.05) is 0 Å². The van der Waals surface area contributed by atoms with Crippen molar-refractivity contribution in [3.63, 3.8) is 0 Å². The summed E-state index contributed by atoms with van der Waals surface area (Å²) in [5.41, 5.74) is 0. The van der Waals surface area contributed by atoms with Gasteiger partial charge in [0.1, 0.15) is 11.5 Å². The molecule has 2 aliphatic rings. The van der Waals surface area contributed by atoms with Gasteiger partial charge in [-0.1, -0.05) is 13.2 Å². The Kier molecular flexibility index (Phi) is 1.91. The monoisotopic (exact) mass is 194 g/mol. The van der Waals surface area contributed by atoms with Gasteiger partial charge < -0.3 is 9.47 Å². The van der Waals surface area contributed by atoms with Crippen LogP contribution < -0.4 is 0 Å². The van der Waals surface area contributed by atoms with E-state index in [4.69, 9.17) is 9.47 Å². The molecular weight excluding hydrogens is 184 g/mol. The molecule has 14 heavy (non-hydrogen) atoms. The lowest BCUT2D eigenvalue weighted by atomic mass is 9.87. The summed E-state index contributed by atoms with van der Waals surface area (Å²) in [7, 11) is 0. The maximum atomic E-state index is 11.0. The summed E-state index contributed by atoms with van der Waals surface area (Å²) in [4.78, 5) is 21.9. The first-order valence-corrected chi connectivity index (χ1v) is 4.37. The van der Waals surface area contributed by atoms with Crippen LogP contribution in [0.4, 0.5) is 0 Å². The Morgan fingerprint density at radius 3 is 1.50 bits per heavy atom. The summed E-state index contributed by atoms with van der Waals surface area (Å²) in [5, 5.41) is 0. The van der Waals surface area contributed by atoms with Crippen LogP contribution in [0.15, 0.2) is 24.7 Å². The Morgan fingerprint density at radius 2 is 1.29 bits per heavy atom. The largest absolute Gasteiger partial charge is 0.431 e. The molecule has 0 aromatic heterocycles. The molecule has 2 fully saturated rings. The molecule has 0 saturated carbocycles. The Hall–Kier alpha value is -1.58. The number of hydrogen-bond donors (Lipinski definition) is 0. The van der Waals surface area contributed by atoms with Gasteiger partial charge in [0, 0.05) is 11.8 Å². The van der Waals surface area contributed by atoms with Gasteiger partial charge in [-0.15, -0.1) is 0 Å². The predicted octanol–water partition coefficient (Wildman–Crippen LogP) is 1.14. The van der Waals surface area contributed by atoms with Gasteiger partial charge in [-0.25, -0.2) is 0 Å². The zero-order chi connectivity index (χ0) is 10.3. The fourth-order valence-corrected chi connectivity index (χ4v) is 1.85. The van der Waals surface area contributed by atoms with E-state index in [0.717, 1.165) is 0 Å². The highest BCUT2D eigenvalue weighted by molar-refractivity contribution is 5.77. The number of carbonyl (C=O) groups is 2. The Balaban J connectivity index is 2.16. The number of cyclic esters (lactones) is 2. The molecule has 0 aromatic carbocycles. The van der Waals surface area contributed by atoms with Crippen LogP contribution in [0, 0.1) is 11.8 Å². The molecule has 2 atom stereocenters. The molecule has 2 unspecified atom stereocenters. The number of rotatable bonds is 1. The van der Waals surface area contributed by atoms with Crippen molar-refractivity contribution in [2.45, 2.75) is 12.8 Å². The molecule has 0 bridgehead atoms. The minimum absolute atomic E-state index is 0.151. The number of hydrogen-bond acceptors (Lipinski definition) is 4. The Morgan fingerprint density at radius 1 is 0.929 bits per heavy atom. The first kappa shape index (κ1) is 8.99. The Labute approximate surface area is 81.2 Å². The van der Waals surface area contributed by atoms with Crippen LogP contribution in [0.25, 0.3) is 0 Å². The lowest BCUT2D eigenvalue weighted by Crippen LogP contribution is -2.11. The second-order valence-corrected chi connectivity index (χ2v) is 3.50. The van der Waals surface area contributed by atoms with E-state index in [0.29, 0.717) is 11.5 Å². The number of carbonyl (C=O) groups excluding carboxylic acids is 2. The van der Waals surface area contributed by atoms with Crippen LogP contribution in [-0.2, 0) is 19.1 Å². The first-order valence-electron chi connectivity index (χ1n) is 4.37. The van der Waals surface area contributed by atoms with Crippen LogP contribution in [0.1, 0.15) is 12.8 Å². The van der Waals surface area contributed by atoms with Crippen molar-refractivity contribution >= 4 is 11.9 Å². The second-order valence-electron chi connectivity index (χ2n) is 3.50. The summed E-state index contributed by atoms with van der Waals surface area (Å²) >= 11 is 0. The molecule has 2 rings (SSSR count). The van der Waals surface area contributed by atoms with Gasteiger partial charge >= 0.3 is 11.9 Å². The molecule has 0 spiro atoms. The minimum atomic E-state index is -0.299. The first-order chi connectivity index (χ1) is 6.58. The maximum Gasteiger partial charge on any atom is 0.311 e. The van der Waals surface area contributed by atoms with Crippen molar-refractivity contribution in [2.24, 2.45) is 11.8 Å². The smallest absolute Gasteiger partial charge is 0.311 e. The fourth-order valence-electron chi connectivity index (χ4n) is 1.85. The molecule has 4 heteroatoms. The number of allylic oxidation sites excluding steroid dienone is 2. The van der Waals surface area contributed by atoms with E-state index in [9.17, 15) is 9.59 Å². The molecule has 2 heterocycles. The van der Waals surface area contributed by atoms with Crippen molar-refractivity contribution in [2.75, 3.05) is 0 Å². The zero-order valence-corrected chi connectivity index (χ0v) is 7.62. The van der Waals surface area contributed by atoms with E-state index in [1.54, 1.807) is 0 Å². The SMILES string of the molecule is C=C1OC(=O)CC1C1CC(=O)OC1=C. The van der Waals surface area contributed by atoms with Crippen molar-refractivity contribution < 1.29 is 19.1 Å². The molecule has 2 saturated heterocycles. The van der Waals surface area contributed by atoms with Gasteiger partial charge in [-0.2, -0.15) is 0 Å². The summed E-state index contributed by atoms with van der Waals surface area (Å²) < 4.78 is 9.66.